The van der Waals surface area contributed by atoms with E-state index in [-0.39, 0.29) is 57.6 Å². The van der Waals surface area contributed by atoms with Crippen LogP contribution in [-0.4, -0.2) is 144 Å². The van der Waals surface area contributed by atoms with Crippen molar-refractivity contribution in [3.05, 3.63) is 23.2 Å². The quantitative estimate of drug-likeness (QED) is 0.222. The highest BCUT2D eigenvalue weighted by molar-refractivity contribution is 6.31. The number of rotatable bonds is 14. The third-order valence-electron chi connectivity index (χ3n) is 14.0. The van der Waals surface area contributed by atoms with Gasteiger partial charge in [0.05, 0.1) is 32.8 Å². The minimum absolute atomic E-state index is 0.0456. The van der Waals surface area contributed by atoms with Gasteiger partial charge in [-0.05, 0) is 122 Å². The average molecular weight is 824 g/mol. The van der Waals surface area contributed by atoms with Crippen molar-refractivity contribution in [1.29, 1.82) is 0 Å². The Hall–Kier alpha value is -2.97. The molecule has 2 unspecified atom stereocenters. The molecule has 4 saturated carbocycles. The van der Waals surface area contributed by atoms with Gasteiger partial charge in [-0.2, -0.15) is 0 Å². The Morgan fingerprint density at radius 1 is 0.655 bits per heavy atom. The van der Waals surface area contributed by atoms with Crippen molar-refractivity contribution in [3.8, 4) is 5.75 Å². The number of carbonyl (C=O) groups is 4. The molecule has 1 aromatic rings. The number of benzene rings is 1. The van der Waals surface area contributed by atoms with Crippen molar-refractivity contribution in [2.75, 3.05) is 70.8 Å². The van der Waals surface area contributed by atoms with Crippen molar-refractivity contribution in [1.82, 2.24) is 35.6 Å². The van der Waals surface area contributed by atoms with Crippen LogP contribution < -0.4 is 26.0 Å². The zero-order chi connectivity index (χ0) is 41.2. The van der Waals surface area contributed by atoms with Gasteiger partial charge in [0, 0.05) is 90.2 Å². The Morgan fingerprint density at radius 3 is 1.60 bits per heavy atom. The normalized spacial score (nSPS) is 33.2. The molecule has 0 spiro atoms. The smallest absolute Gasteiger partial charge is 0.238 e. The molecule has 0 aromatic heterocycles. The number of hydrogen-bond donors (Lipinski definition) is 4. The summed E-state index contributed by atoms with van der Waals surface area (Å²) in [7, 11) is 0. The van der Waals surface area contributed by atoms with Crippen LogP contribution in [0.1, 0.15) is 92.9 Å². The van der Waals surface area contributed by atoms with Crippen LogP contribution in [0.3, 0.4) is 0 Å². The van der Waals surface area contributed by atoms with Gasteiger partial charge in [-0.1, -0.05) is 11.6 Å². The zero-order valence-corrected chi connectivity index (χ0v) is 36.4. The van der Waals surface area contributed by atoms with Gasteiger partial charge in [0.2, 0.25) is 23.6 Å². The van der Waals surface area contributed by atoms with Crippen molar-refractivity contribution in [3.63, 3.8) is 0 Å². The van der Waals surface area contributed by atoms with Crippen LogP contribution in [0.15, 0.2) is 18.2 Å². The molecule has 9 rings (SSSR count). The van der Waals surface area contributed by atoms with Crippen LogP contribution in [0.25, 0.3) is 0 Å². The summed E-state index contributed by atoms with van der Waals surface area (Å²) in [6.45, 7) is 18.1. The number of halogens is 1. The van der Waals surface area contributed by atoms with Crippen LogP contribution in [0.2, 0.25) is 5.02 Å². The van der Waals surface area contributed by atoms with E-state index >= 15 is 0 Å². The van der Waals surface area contributed by atoms with E-state index in [0.717, 1.165) is 64.8 Å². The summed E-state index contributed by atoms with van der Waals surface area (Å²) in [6, 6.07) is 6.70. The first-order valence-corrected chi connectivity index (χ1v) is 22.2. The topological polar surface area (TPSA) is 139 Å². The number of ether oxygens (including phenoxy) is 1. The fourth-order valence-corrected chi connectivity index (χ4v) is 12.8. The van der Waals surface area contributed by atoms with Gasteiger partial charge < -0.3 is 26.0 Å². The molecule has 4 aliphatic heterocycles. The Labute approximate surface area is 350 Å². The molecule has 14 heteroatoms. The van der Waals surface area contributed by atoms with Gasteiger partial charge in [-0.15, -0.1) is 0 Å². The second-order valence-electron chi connectivity index (χ2n) is 21.7. The van der Waals surface area contributed by atoms with Crippen molar-refractivity contribution >= 4 is 40.9 Å². The maximum Gasteiger partial charge on any atom is 0.238 e. The van der Waals surface area contributed by atoms with Gasteiger partial charge >= 0.3 is 0 Å². The highest BCUT2D eigenvalue weighted by Gasteiger charge is 2.58. The molecule has 1 aromatic carbocycles. The molecule has 4 saturated heterocycles. The second kappa shape index (κ2) is 15.8. The molecule has 6 atom stereocenters. The molecule has 8 bridgehead atoms. The van der Waals surface area contributed by atoms with Crippen LogP contribution >= 0.6 is 11.6 Å². The number of carbonyl (C=O) groups excluding carboxylic acids is 4. The van der Waals surface area contributed by atoms with E-state index in [0.29, 0.717) is 73.2 Å². The third kappa shape index (κ3) is 9.80. The van der Waals surface area contributed by atoms with Crippen LogP contribution in [0.5, 0.6) is 5.75 Å². The summed E-state index contributed by atoms with van der Waals surface area (Å²) in [5.41, 5.74) is 0.305. The molecule has 13 nitrogen and oxygen atoms in total. The molecule has 58 heavy (non-hydrogen) atoms. The van der Waals surface area contributed by atoms with Gasteiger partial charge in [0.15, 0.2) is 0 Å². The second-order valence-corrected chi connectivity index (χ2v) is 22.1. The Bertz CT molecular complexity index is 1750. The fourth-order valence-electron chi connectivity index (χ4n) is 12.6. The number of nitrogens with one attached hydrogen (secondary N) is 4. The highest BCUT2D eigenvalue weighted by Crippen LogP contribution is 2.65. The van der Waals surface area contributed by atoms with Crippen LogP contribution in [-0.2, 0) is 19.2 Å². The lowest BCUT2D eigenvalue weighted by atomic mass is 9.44. The number of nitrogens with zero attached hydrogens (tertiary/aromatic N) is 4. The molecule has 4 amide bonds. The predicted octanol–water partition coefficient (Wildman–Crippen LogP) is 3.71. The summed E-state index contributed by atoms with van der Waals surface area (Å²) in [6.07, 6.45) is 8.96. The highest BCUT2D eigenvalue weighted by atomic mass is 35.5. The SMILES string of the molecule is CC(C)(C)NC(=O)CN1C[C@@H]2C[C@H]1CN2CC(=O)NCC12CC3CC(C1)CC(COc1cc(Cl)cc(NC(=O)CN4C[C@@H]5C[C@H]4CN5CC(=O)NC(C)(C)C)c1)(C3)C2. The molecule has 8 aliphatic rings. The predicted molar refractivity (Wildman–Crippen MR) is 225 cm³/mol. The van der Waals surface area contributed by atoms with Crippen LogP contribution in [0, 0.1) is 22.7 Å². The van der Waals surface area contributed by atoms with Crippen molar-refractivity contribution in [2.24, 2.45) is 22.7 Å². The molecule has 4 N–H and O–H groups in total. The van der Waals surface area contributed by atoms with E-state index in [4.69, 9.17) is 16.3 Å². The Morgan fingerprint density at radius 2 is 1.12 bits per heavy atom. The Balaban J connectivity index is 0.797. The molecular formula is C44H67ClN8O5. The monoisotopic (exact) mass is 822 g/mol. The summed E-state index contributed by atoms with van der Waals surface area (Å²) in [5, 5.41) is 13.1. The van der Waals surface area contributed by atoms with E-state index in [1.807, 2.05) is 53.7 Å². The molecule has 4 aliphatic carbocycles. The van der Waals surface area contributed by atoms with E-state index in [2.05, 4.69) is 40.9 Å². The van der Waals surface area contributed by atoms with E-state index in [1.54, 1.807) is 6.07 Å². The Kier molecular flexibility index (Phi) is 11.4. The first-order valence-electron chi connectivity index (χ1n) is 21.9. The summed E-state index contributed by atoms with van der Waals surface area (Å²) in [5.74, 6) is 2.11. The maximum absolute atomic E-state index is 13.4. The zero-order valence-electron chi connectivity index (χ0n) is 35.6. The number of likely N-dealkylation sites (tertiary alicyclic amines) is 4. The molecule has 320 valence electrons. The van der Waals surface area contributed by atoms with Crippen LogP contribution in [0.4, 0.5) is 5.69 Å². The third-order valence-corrected chi connectivity index (χ3v) is 14.2. The standard InChI is InChI=1S/C44H67ClN8O5/c1-41(2,3)48-39(56)23-52-19-32-11-34(52)17-50(32)21-37(54)46-26-43-13-28-7-29(14-43)16-44(15-28,25-43)27-58-36-9-30(45)8-31(10-36)47-38(55)22-51-18-35-12-33(51)20-53(35)24-40(57)49-42(4,5)6/h8-10,28-29,32-35H,7,11-27H2,1-6H3,(H,46,54)(H,47,55)(H,48,56)(H,49,57)/t28?,29?,32-,33-,34-,35-,43?,44?/m0/s1. The summed E-state index contributed by atoms with van der Waals surface area (Å²) >= 11 is 6.59. The van der Waals surface area contributed by atoms with Crippen molar-refractivity contribution in [2.45, 2.75) is 128 Å². The van der Waals surface area contributed by atoms with E-state index in [1.165, 1.54) is 19.3 Å². The molecule has 8 fully saturated rings. The lowest BCUT2D eigenvalue weighted by Crippen LogP contribution is -2.58. The van der Waals surface area contributed by atoms with E-state index < -0.39 is 0 Å². The lowest BCUT2D eigenvalue weighted by Gasteiger charge is -2.62. The van der Waals surface area contributed by atoms with Gasteiger partial charge in [-0.3, -0.25) is 38.8 Å². The fraction of sp³-hybridized carbons (Fsp3) is 0.773. The maximum atomic E-state index is 13.4. The molecular weight excluding hydrogens is 756 g/mol. The number of piperazine rings is 2. The molecule has 4 heterocycles. The number of amides is 4. The first-order chi connectivity index (χ1) is 27.3. The van der Waals surface area contributed by atoms with Gasteiger partial charge in [0.1, 0.15) is 5.75 Å². The van der Waals surface area contributed by atoms with Gasteiger partial charge in [0.25, 0.3) is 0 Å². The largest absolute Gasteiger partial charge is 0.493 e. The average Bonchev–Trinajstić information content (AvgIpc) is 3.86. The van der Waals surface area contributed by atoms with Crippen molar-refractivity contribution < 1.29 is 23.9 Å². The van der Waals surface area contributed by atoms with E-state index in [9.17, 15) is 19.2 Å². The minimum atomic E-state index is -0.252. The minimum Gasteiger partial charge on any atom is -0.493 e. The lowest BCUT2D eigenvalue weighted by molar-refractivity contribution is -0.134. The number of hydrogen-bond acceptors (Lipinski definition) is 9. The van der Waals surface area contributed by atoms with Gasteiger partial charge in [-0.25, -0.2) is 0 Å². The summed E-state index contributed by atoms with van der Waals surface area (Å²) < 4.78 is 6.58. The number of fused-ring (bicyclic) bond motifs is 4. The number of anilines is 1. The summed E-state index contributed by atoms with van der Waals surface area (Å²) in [4.78, 5) is 60.8. The molecule has 0 radical (unpaired) electrons. The first kappa shape index (κ1) is 41.8.